The SMILES string of the molecule is N=[S@](=O)(c1ccc(C(=O)NC2CC3(C2)CC(c2nc4cc(Cl)ccc4o2)C3)o1)C1CC1. The smallest absolute Gasteiger partial charge is 0.287 e. The first-order chi connectivity index (χ1) is 14.8. The van der Waals surface area contributed by atoms with E-state index in [1.807, 2.05) is 12.1 Å². The maximum atomic E-state index is 12.5. The van der Waals surface area contributed by atoms with Crippen molar-refractivity contribution in [3.05, 3.63) is 47.0 Å². The number of nitrogens with one attached hydrogen (secondary N) is 2. The number of halogens is 1. The predicted molar refractivity (Wildman–Crippen MR) is 115 cm³/mol. The Hall–Kier alpha value is -2.32. The lowest BCUT2D eigenvalue weighted by Gasteiger charge is -2.57. The fraction of sp³-hybridized carbons (Fsp3) is 0.455. The van der Waals surface area contributed by atoms with Crippen LogP contribution >= 0.6 is 11.6 Å². The van der Waals surface area contributed by atoms with Gasteiger partial charge in [-0.1, -0.05) is 11.6 Å². The van der Waals surface area contributed by atoms with Gasteiger partial charge in [-0.3, -0.25) is 4.79 Å². The van der Waals surface area contributed by atoms with E-state index in [9.17, 15) is 9.00 Å². The monoisotopic (exact) mass is 459 g/mol. The maximum Gasteiger partial charge on any atom is 0.287 e. The molecule has 2 heterocycles. The molecule has 31 heavy (non-hydrogen) atoms. The molecule has 3 fully saturated rings. The summed E-state index contributed by atoms with van der Waals surface area (Å²) in [6.45, 7) is 0. The number of hydrogen-bond donors (Lipinski definition) is 2. The number of amides is 1. The minimum absolute atomic E-state index is 0.105. The van der Waals surface area contributed by atoms with E-state index in [-0.39, 0.29) is 33.5 Å². The normalized spacial score (nSPS) is 29.3. The van der Waals surface area contributed by atoms with Crippen molar-refractivity contribution >= 4 is 38.3 Å². The highest BCUT2D eigenvalue weighted by molar-refractivity contribution is 7.93. The summed E-state index contributed by atoms with van der Waals surface area (Å²) in [5.74, 6) is 0.910. The molecule has 7 nitrogen and oxygen atoms in total. The lowest BCUT2D eigenvalue weighted by atomic mass is 9.50. The third kappa shape index (κ3) is 3.27. The van der Waals surface area contributed by atoms with Crippen LogP contribution in [0.25, 0.3) is 11.1 Å². The second-order valence-electron chi connectivity index (χ2n) is 9.27. The van der Waals surface area contributed by atoms with Crippen molar-refractivity contribution in [2.24, 2.45) is 5.41 Å². The van der Waals surface area contributed by atoms with Crippen LogP contribution in [0.5, 0.6) is 0 Å². The van der Waals surface area contributed by atoms with Crippen LogP contribution in [0, 0.1) is 10.2 Å². The average molecular weight is 460 g/mol. The lowest BCUT2D eigenvalue weighted by Crippen LogP contribution is -2.55. The van der Waals surface area contributed by atoms with Crippen LogP contribution in [-0.2, 0) is 9.73 Å². The van der Waals surface area contributed by atoms with E-state index in [0.29, 0.717) is 10.9 Å². The Bertz CT molecular complexity index is 1290. The molecule has 0 aliphatic heterocycles. The van der Waals surface area contributed by atoms with Gasteiger partial charge in [-0.15, -0.1) is 0 Å². The molecule has 3 saturated carbocycles. The number of benzene rings is 1. The summed E-state index contributed by atoms with van der Waals surface area (Å²) >= 11 is 6.03. The average Bonchev–Trinajstić information content (AvgIpc) is 3.27. The number of fused-ring (bicyclic) bond motifs is 1. The van der Waals surface area contributed by atoms with E-state index in [2.05, 4.69) is 10.3 Å². The fourth-order valence-corrected chi connectivity index (χ4v) is 6.88. The Kier molecular flexibility index (Phi) is 4.12. The number of hydrogen-bond acceptors (Lipinski definition) is 6. The lowest BCUT2D eigenvalue weighted by molar-refractivity contribution is -0.0256. The van der Waals surface area contributed by atoms with Crippen LogP contribution in [0.4, 0.5) is 0 Å². The molecule has 2 N–H and O–H groups in total. The number of aromatic nitrogens is 1. The minimum Gasteiger partial charge on any atom is -0.441 e. The Morgan fingerprint density at radius 1 is 1.16 bits per heavy atom. The van der Waals surface area contributed by atoms with Crippen molar-refractivity contribution < 1.29 is 17.8 Å². The minimum atomic E-state index is -2.93. The predicted octanol–water partition coefficient (Wildman–Crippen LogP) is 5.10. The summed E-state index contributed by atoms with van der Waals surface area (Å²) < 4.78 is 31.9. The van der Waals surface area contributed by atoms with Crippen molar-refractivity contribution in [3.8, 4) is 0 Å². The van der Waals surface area contributed by atoms with Gasteiger partial charge in [0.05, 0.1) is 5.25 Å². The largest absolute Gasteiger partial charge is 0.441 e. The molecule has 0 saturated heterocycles. The molecule has 2 aromatic heterocycles. The molecule has 6 rings (SSSR count). The summed E-state index contributed by atoms with van der Waals surface area (Å²) in [7, 11) is -2.93. The van der Waals surface area contributed by atoms with Gasteiger partial charge in [0.15, 0.2) is 22.3 Å². The molecule has 1 amide bonds. The molecule has 3 aliphatic rings. The molecular weight excluding hydrogens is 438 g/mol. The summed E-state index contributed by atoms with van der Waals surface area (Å²) in [6, 6.07) is 8.60. The zero-order valence-electron chi connectivity index (χ0n) is 16.7. The molecule has 3 aliphatic carbocycles. The van der Waals surface area contributed by atoms with Crippen LogP contribution in [0.1, 0.15) is 60.9 Å². The van der Waals surface area contributed by atoms with Crippen molar-refractivity contribution in [2.45, 2.75) is 60.8 Å². The maximum absolute atomic E-state index is 12.5. The Morgan fingerprint density at radius 3 is 2.68 bits per heavy atom. The van der Waals surface area contributed by atoms with Crippen LogP contribution in [-0.4, -0.2) is 26.4 Å². The third-order valence-electron chi connectivity index (χ3n) is 6.87. The number of carbonyl (C=O) groups excluding carboxylic acids is 1. The van der Waals surface area contributed by atoms with Crippen LogP contribution in [0.15, 0.2) is 44.3 Å². The van der Waals surface area contributed by atoms with E-state index >= 15 is 0 Å². The van der Waals surface area contributed by atoms with E-state index in [4.69, 9.17) is 25.2 Å². The zero-order valence-corrected chi connectivity index (χ0v) is 18.3. The number of carbonyl (C=O) groups is 1. The molecule has 1 atom stereocenters. The van der Waals surface area contributed by atoms with Crippen LogP contribution < -0.4 is 5.32 Å². The second kappa shape index (κ2) is 6.59. The third-order valence-corrected chi connectivity index (χ3v) is 9.33. The molecule has 1 aromatic carbocycles. The quantitative estimate of drug-likeness (QED) is 0.551. The highest BCUT2D eigenvalue weighted by atomic mass is 35.5. The molecule has 3 aromatic rings. The standard InChI is InChI=1S/C22H22ClN3O4S/c23-13-1-4-17-16(7-13)26-21(30-17)12-8-22(9-12)10-14(11-22)25-20(27)18-5-6-19(29-18)31(24,28)15-2-3-15/h1,4-7,12,14-15,24H,2-3,8-11H2,(H,25,27)/t12?,14?,22?,31-/m1/s1. The summed E-state index contributed by atoms with van der Waals surface area (Å²) in [5.41, 5.74) is 1.80. The second-order valence-corrected chi connectivity index (χ2v) is 12.0. The first kappa shape index (κ1) is 19.4. The molecule has 162 valence electrons. The Balaban J connectivity index is 1.04. The highest BCUT2D eigenvalue weighted by Gasteiger charge is 2.54. The topological polar surface area (TPSA) is 109 Å². The first-order valence-corrected chi connectivity index (χ1v) is 12.6. The van der Waals surface area contributed by atoms with Gasteiger partial charge < -0.3 is 14.2 Å². The van der Waals surface area contributed by atoms with Gasteiger partial charge in [-0.2, -0.15) is 0 Å². The number of oxazole rings is 1. The van der Waals surface area contributed by atoms with Gasteiger partial charge in [-0.05, 0) is 74.3 Å². The first-order valence-electron chi connectivity index (χ1n) is 10.6. The summed E-state index contributed by atoms with van der Waals surface area (Å²) in [4.78, 5) is 17.1. The molecular formula is C22H22ClN3O4S. The molecule has 0 unspecified atom stereocenters. The van der Waals surface area contributed by atoms with Gasteiger partial charge in [-0.25, -0.2) is 14.0 Å². The van der Waals surface area contributed by atoms with E-state index < -0.39 is 9.73 Å². The number of rotatable bonds is 5. The van der Waals surface area contributed by atoms with Crippen molar-refractivity contribution in [1.82, 2.24) is 10.3 Å². The van der Waals surface area contributed by atoms with Gasteiger partial charge in [0.1, 0.15) is 15.2 Å². The van der Waals surface area contributed by atoms with Gasteiger partial charge in [0.2, 0.25) is 0 Å². The summed E-state index contributed by atoms with van der Waals surface area (Å²) in [6.07, 6.45) is 5.43. The van der Waals surface area contributed by atoms with E-state index in [1.165, 1.54) is 12.1 Å². The highest BCUT2D eigenvalue weighted by Crippen LogP contribution is 2.61. The van der Waals surface area contributed by atoms with Crippen LogP contribution in [0.3, 0.4) is 0 Å². The van der Waals surface area contributed by atoms with E-state index in [1.54, 1.807) is 6.07 Å². The Labute approximate surface area is 184 Å². The van der Waals surface area contributed by atoms with E-state index in [0.717, 1.165) is 55.5 Å². The molecule has 0 radical (unpaired) electrons. The fourth-order valence-electron chi connectivity index (χ4n) is 5.10. The molecule has 0 bridgehead atoms. The van der Waals surface area contributed by atoms with Gasteiger partial charge in [0, 0.05) is 17.0 Å². The molecule has 9 heteroatoms. The van der Waals surface area contributed by atoms with Gasteiger partial charge in [0.25, 0.3) is 5.91 Å². The zero-order chi connectivity index (χ0) is 21.4. The summed E-state index contributed by atoms with van der Waals surface area (Å²) in [5, 5.41) is 3.64. The number of furan rings is 1. The van der Waals surface area contributed by atoms with Crippen molar-refractivity contribution in [3.63, 3.8) is 0 Å². The van der Waals surface area contributed by atoms with Crippen molar-refractivity contribution in [1.29, 1.82) is 4.78 Å². The van der Waals surface area contributed by atoms with Gasteiger partial charge >= 0.3 is 0 Å². The van der Waals surface area contributed by atoms with Crippen molar-refractivity contribution in [2.75, 3.05) is 0 Å². The molecule has 1 spiro atoms. The Morgan fingerprint density at radius 2 is 1.94 bits per heavy atom. The van der Waals surface area contributed by atoms with Crippen LogP contribution in [0.2, 0.25) is 5.02 Å². The number of nitrogens with zero attached hydrogens (tertiary/aromatic N) is 1.